The number of rotatable bonds is 8. The number of carbonyl (C=O) groups is 1. The highest BCUT2D eigenvalue weighted by molar-refractivity contribution is 7.85. The maximum absolute atomic E-state index is 13.1. The van der Waals surface area contributed by atoms with Crippen molar-refractivity contribution in [2.45, 2.75) is 52.7 Å². The van der Waals surface area contributed by atoms with E-state index < -0.39 is 20.9 Å². The number of anilines is 1. The van der Waals surface area contributed by atoms with Crippen molar-refractivity contribution in [3.8, 4) is 11.8 Å². The second-order valence-electron chi connectivity index (χ2n) is 11.5. The average Bonchev–Trinajstić information content (AvgIpc) is 2.89. The molecule has 2 heterocycles. The van der Waals surface area contributed by atoms with Crippen molar-refractivity contribution >= 4 is 33.4 Å². The number of amides is 1. The Balaban J connectivity index is 1.34. The van der Waals surface area contributed by atoms with E-state index in [1.165, 1.54) is 0 Å². The summed E-state index contributed by atoms with van der Waals surface area (Å²) in [6.45, 7) is 9.76. The van der Waals surface area contributed by atoms with Gasteiger partial charge in [-0.1, -0.05) is 39.3 Å². The predicted octanol–water partition coefficient (Wildman–Crippen LogP) is 3.81. The van der Waals surface area contributed by atoms with E-state index in [2.05, 4.69) is 20.4 Å². The first-order valence-corrected chi connectivity index (χ1v) is 15.0. The molecule has 2 fully saturated rings. The minimum absolute atomic E-state index is 0.171. The van der Waals surface area contributed by atoms with Gasteiger partial charge in [0.2, 0.25) is 0 Å². The van der Waals surface area contributed by atoms with Crippen LogP contribution in [0, 0.1) is 28.1 Å². The first-order chi connectivity index (χ1) is 18.2. The molecule has 2 aromatic rings. The summed E-state index contributed by atoms with van der Waals surface area (Å²) in [7, 11) is -3.44. The number of nitriles is 1. The highest BCUT2D eigenvalue weighted by Crippen LogP contribution is 2.55. The zero-order valence-corrected chi connectivity index (χ0v) is 24.3. The first kappa shape index (κ1) is 29.1. The Hall–Kier alpha value is -2.94. The quantitative estimate of drug-likeness (QED) is 0.466. The molecule has 1 aliphatic carbocycles. The largest absolute Gasteiger partial charge is 0.489 e. The van der Waals surface area contributed by atoms with Gasteiger partial charge in [0.1, 0.15) is 17.9 Å². The van der Waals surface area contributed by atoms with Gasteiger partial charge in [-0.05, 0) is 43.0 Å². The third kappa shape index (κ3) is 6.29. The zero-order chi connectivity index (χ0) is 28.6. The van der Waals surface area contributed by atoms with Gasteiger partial charge in [0.05, 0.1) is 23.4 Å². The van der Waals surface area contributed by atoms with Gasteiger partial charge in [-0.2, -0.15) is 13.7 Å². The number of hydrogen-bond donors (Lipinski definition) is 1. The molecule has 4 rings (SSSR count). The minimum Gasteiger partial charge on any atom is -0.489 e. The van der Waals surface area contributed by atoms with Gasteiger partial charge >= 0.3 is 0 Å². The van der Waals surface area contributed by atoms with E-state index in [0.29, 0.717) is 35.2 Å². The maximum Gasteiger partial charge on any atom is 0.272 e. The molecule has 0 unspecified atom stereocenters. The lowest BCUT2D eigenvalue weighted by Gasteiger charge is -2.63. The van der Waals surface area contributed by atoms with E-state index in [-0.39, 0.29) is 36.3 Å². The molecule has 1 N–H and O–H groups in total. The lowest BCUT2D eigenvalue weighted by molar-refractivity contribution is -0.164. The molecule has 1 amide bonds. The molecular formula is C27H34ClN5O5S. The molecule has 0 atom stereocenters. The van der Waals surface area contributed by atoms with Gasteiger partial charge in [-0.3, -0.25) is 8.98 Å². The summed E-state index contributed by atoms with van der Waals surface area (Å²) in [5.74, 6) is 1.11. The molecule has 10 nitrogen and oxygen atoms in total. The van der Waals surface area contributed by atoms with Gasteiger partial charge in [-0.25, -0.2) is 0 Å². The molecule has 0 bridgehead atoms. The number of benzene rings is 1. The number of carbonyl (C=O) groups excluding carboxylic acids is 1. The van der Waals surface area contributed by atoms with E-state index in [0.717, 1.165) is 19.1 Å². The Kier molecular flexibility index (Phi) is 8.13. The normalized spacial score (nSPS) is 22.4. The summed E-state index contributed by atoms with van der Waals surface area (Å²) in [6.07, 6.45) is 2.41. The Bertz CT molecular complexity index is 1350. The van der Waals surface area contributed by atoms with E-state index in [1.54, 1.807) is 30.3 Å². The van der Waals surface area contributed by atoms with E-state index >= 15 is 0 Å². The lowest BCUT2D eigenvalue weighted by atomic mass is 9.49. The summed E-state index contributed by atoms with van der Waals surface area (Å²) in [6, 6.07) is 10.3. The van der Waals surface area contributed by atoms with E-state index in [1.807, 2.05) is 33.8 Å². The molecule has 1 saturated carbocycles. The van der Waals surface area contributed by atoms with Gasteiger partial charge in [0.25, 0.3) is 16.0 Å². The minimum atomic E-state index is -3.44. The van der Waals surface area contributed by atoms with Crippen molar-refractivity contribution in [3.63, 3.8) is 0 Å². The van der Waals surface area contributed by atoms with Crippen LogP contribution in [0.15, 0.2) is 30.3 Å². The number of nitrogens with one attached hydrogen (secondary N) is 1. The predicted molar refractivity (Wildman–Crippen MR) is 147 cm³/mol. The van der Waals surface area contributed by atoms with Crippen LogP contribution in [0.3, 0.4) is 0 Å². The van der Waals surface area contributed by atoms with Crippen LogP contribution in [0.1, 0.15) is 56.6 Å². The van der Waals surface area contributed by atoms with Crippen LogP contribution in [0.2, 0.25) is 5.02 Å². The van der Waals surface area contributed by atoms with Crippen LogP contribution in [0.5, 0.6) is 5.75 Å². The van der Waals surface area contributed by atoms with Crippen LogP contribution in [0.25, 0.3) is 0 Å². The second kappa shape index (κ2) is 10.9. The third-order valence-corrected chi connectivity index (χ3v) is 8.65. The topological polar surface area (TPSA) is 135 Å². The molecule has 1 aliphatic heterocycles. The molecule has 12 heteroatoms. The smallest absolute Gasteiger partial charge is 0.272 e. The number of nitrogens with zero attached hydrogens (tertiary/aromatic N) is 4. The van der Waals surface area contributed by atoms with Gasteiger partial charge < -0.3 is 15.0 Å². The molecule has 39 heavy (non-hydrogen) atoms. The van der Waals surface area contributed by atoms with Crippen molar-refractivity contribution in [2.24, 2.45) is 16.7 Å². The van der Waals surface area contributed by atoms with Crippen LogP contribution in [-0.4, -0.2) is 62.6 Å². The lowest BCUT2D eigenvalue weighted by Crippen LogP contribution is -2.74. The summed E-state index contributed by atoms with van der Waals surface area (Å²) < 4.78 is 33.7. The van der Waals surface area contributed by atoms with Gasteiger partial charge in [-0.15, -0.1) is 10.2 Å². The van der Waals surface area contributed by atoms with Crippen molar-refractivity contribution in [2.75, 3.05) is 30.9 Å². The Morgan fingerprint density at radius 1 is 1.15 bits per heavy atom. The molecule has 2 aliphatic rings. The van der Waals surface area contributed by atoms with Crippen LogP contribution in [0.4, 0.5) is 5.82 Å². The number of hydrogen-bond acceptors (Lipinski definition) is 9. The van der Waals surface area contributed by atoms with Crippen molar-refractivity contribution < 1.29 is 22.1 Å². The molecule has 0 radical (unpaired) electrons. The first-order valence-electron chi connectivity index (χ1n) is 12.8. The maximum atomic E-state index is 13.1. The summed E-state index contributed by atoms with van der Waals surface area (Å²) in [5, 5.41) is 21.0. The summed E-state index contributed by atoms with van der Waals surface area (Å²) in [5.41, 5.74) is -0.169. The van der Waals surface area contributed by atoms with Crippen molar-refractivity contribution in [1.29, 1.82) is 5.26 Å². The fraction of sp³-hybridized carbons (Fsp3) is 0.556. The van der Waals surface area contributed by atoms with Crippen molar-refractivity contribution in [1.82, 2.24) is 15.5 Å². The summed E-state index contributed by atoms with van der Waals surface area (Å²) in [4.78, 5) is 15.2. The fourth-order valence-corrected chi connectivity index (χ4v) is 6.62. The highest BCUT2D eigenvalue weighted by Gasteiger charge is 2.64. The second-order valence-corrected chi connectivity index (χ2v) is 13.5. The van der Waals surface area contributed by atoms with Crippen LogP contribution in [-0.2, 0) is 14.3 Å². The van der Waals surface area contributed by atoms with Crippen LogP contribution >= 0.6 is 11.6 Å². The fourth-order valence-electron chi connectivity index (χ4n) is 5.96. The zero-order valence-electron chi connectivity index (χ0n) is 22.8. The number of ether oxygens (including phenoxy) is 1. The number of piperidine rings is 1. The monoisotopic (exact) mass is 575 g/mol. The Labute approximate surface area is 234 Å². The molecule has 1 aromatic carbocycles. The number of halogens is 1. The summed E-state index contributed by atoms with van der Waals surface area (Å²) >= 11 is 6.18. The van der Waals surface area contributed by atoms with Crippen LogP contribution < -0.4 is 15.0 Å². The van der Waals surface area contributed by atoms with E-state index in [9.17, 15) is 13.2 Å². The average molecular weight is 576 g/mol. The molecule has 1 aromatic heterocycles. The molecule has 0 spiro atoms. The number of aromatic nitrogens is 2. The van der Waals surface area contributed by atoms with Gasteiger partial charge in [0.15, 0.2) is 11.5 Å². The standard InChI is InChI=1S/C27H34ClN5O5S/c1-26(2)24(27(3,4)25(26)38-19-7-6-18(15-29)20(28)14-19)30-23(34)21-8-9-22(32-31-21)33-12-10-17(11-13-33)16-37-39(5,35)36/h6-9,14,17,24-25H,10-13,16H2,1-5H3,(H,30,34). The molecule has 1 saturated heterocycles. The van der Waals surface area contributed by atoms with Crippen molar-refractivity contribution in [3.05, 3.63) is 46.6 Å². The van der Waals surface area contributed by atoms with E-state index in [4.69, 9.17) is 25.8 Å². The highest BCUT2D eigenvalue weighted by atomic mass is 35.5. The molecule has 210 valence electrons. The third-order valence-electron chi connectivity index (χ3n) is 7.77. The van der Waals surface area contributed by atoms with Gasteiger partial charge in [0, 0.05) is 36.0 Å². The Morgan fingerprint density at radius 2 is 1.82 bits per heavy atom. The SMILES string of the molecule is CC1(C)C(NC(=O)c2ccc(N3CCC(COS(C)(=O)=O)CC3)nn2)C(C)(C)C1Oc1ccc(C#N)c(Cl)c1. The molecular weight excluding hydrogens is 542 g/mol. The Morgan fingerprint density at radius 3 is 2.36 bits per heavy atom.